The molecule has 0 aliphatic heterocycles. The summed E-state index contributed by atoms with van der Waals surface area (Å²) in [4.78, 5) is 11.5. The van der Waals surface area contributed by atoms with Crippen LogP contribution in [-0.4, -0.2) is 23.2 Å². The van der Waals surface area contributed by atoms with Crippen LogP contribution >= 0.6 is 0 Å². The Balaban J connectivity index is 2.40. The van der Waals surface area contributed by atoms with Crippen molar-refractivity contribution in [3.63, 3.8) is 0 Å². The van der Waals surface area contributed by atoms with E-state index in [1.807, 2.05) is 6.08 Å². The number of rotatable bonds is 3. The van der Waals surface area contributed by atoms with Crippen LogP contribution in [0.25, 0.3) is 0 Å². The number of aliphatic hydroxyl groups is 1. The van der Waals surface area contributed by atoms with Crippen molar-refractivity contribution in [2.75, 3.05) is 0 Å². The molecule has 74 valence electrons. The Morgan fingerprint density at radius 1 is 1.62 bits per heavy atom. The third-order valence-electron chi connectivity index (χ3n) is 2.41. The number of hydrogen-bond acceptors (Lipinski definition) is 2. The molecule has 2 atom stereocenters. The highest BCUT2D eigenvalue weighted by Crippen LogP contribution is 2.17. The Bertz CT molecular complexity index is 221. The van der Waals surface area contributed by atoms with Crippen LogP contribution < -0.4 is 5.32 Å². The first-order chi connectivity index (χ1) is 6.11. The van der Waals surface area contributed by atoms with Crippen LogP contribution in [-0.2, 0) is 4.79 Å². The molecule has 1 rings (SSSR count). The van der Waals surface area contributed by atoms with Crippen LogP contribution in [0, 0.1) is 0 Å². The fourth-order valence-corrected chi connectivity index (χ4v) is 1.30. The highest BCUT2D eigenvalue weighted by Gasteiger charge is 2.17. The molecule has 0 aromatic carbocycles. The zero-order chi connectivity index (χ0) is 9.84. The second-order valence-electron chi connectivity index (χ2n) is 3.62. The van der Waals surface area contributed by atoms with E-state index in [-0.39, 0.29) is 11.9 Å². The molecule has 1 amide bonds. The van der Waals surface area contributed by atoms with Gasteiger partial charge >= 0.3 is 0 Å². The first kappa shape index (κ1) is 10.3. The third kappa shape index (κ3) is 2.84. The van der Waals surface area contributed by atoms with E-state index in [1.54, 1.807) is 13.8 Å². The lowest BCUT2D eigenvalue weighted by molar-refractivity contribution is -0.118. The van der Waals surface area contributed by atoms with Gasteiger partial charge in [-0.2, -0.15) is 0 Å². The van der Waals surface area contributed by atoms with E-state index < -0.39 is 6.10 Å². The van der Waals surface area contributed by atoms with Crippen LogP contribution in [0.4, 0.5) is 0 Å². The molecule has 2 unspecified atom stereocenters. The Morgan fingerprint density at radius 2 is 2.31 bits per heavy atom. The van der Waals surface area contributed by atoms with Crippen molar-refractivity contribution >= 4 is 5.91 Å². The van der Waals surface area contributed by atoms with Crippen molar-refractivity contribution in [3.05, 3.63) is 11.6 Å². The summed E-state index contributed by atoms with van der Waals surface area (Å²) in [7, 11) is 0. The number of aliphatic hydroxyl groups excluding tert-OH is 1. The topological polar surface area (TPSA) is 49.3 Å². The van der Waals surface area contributed by atoms with E-state index in [2.05, 4.69) is 5.32 Å². The van der Waals surface area contributed by atoms with Gasteiger partial charge in [-0.15, -0.1) is 0 Å². The number of amides is 1. The number of carbonyl (C=O) groups excluding carboxylic acids is 1. The van der Waals surface area contributed by atoms with Gasteiger partial charge in [-0.1, -0.05) is 6.08 Å². The zero-order valence-electron chi connectivity index (χ0n) is 8.21. The van der Waals surface area contributed by atoms with Gasteiger partial charge in [-0.3, -0.25) is 4.79 Å². The van der Waals surface area contributed by atoms with Crippen molar-refractivity contribution in [2.45, 2.75) is 45.3 Å². The summed E-state index contributed by atoms with van der Waals surface area (Å²) in [5.74, 6) is -0.0223. The fourth-order valence-electron chi connectivity index (χ4n) is 1.30. The number of carbonyl (C=O) groups is 1. The lowest BCUT2D eigenvalue weighted by Gasteiger charge is -2.16. The average Bonchev–Trinajstić information content (AvgIpc) is 2.55. The Hall–Kier alpha value is -0.830. The number of hydrogen-bond donors (Lipinski definition) is 2. The maximum Gasteiger partial charge on any atom is 0.247 e. The normalized spacial score (nSPS) is 20.7. The van der Waals surface area contributed by atoms with Crippen molar-refractivity contribution in [1.82, 2.24) is 5.32 Å². The van der Waals surface area contributed by atoms with E-state index in [1.165, 1.54) is 0 Å². The molecule has 3 nitrogen and oxygen atoms in total. The molecule has 1 aliphatic carbocycles. The lowest BCUT2D eigenvalue weighted by Crippen LogP contribution is -2.40. The largest absolute Gasteiger partial charge is 0.391 e. The van der Waals surface area contributed by atoms with Gasteiger partial charge in [0, 0.05) is 5.57 Å². The quantitative estimate of drug-likeness (QED) is 0.685. The summed E-state index contributed by atoms with van der Waals surface area (Å²) in [6.07, 6.45) is 4.44. The Labute approximate surface area is 78.8 Å². The molecule has 0 saturated carbocycles. The molecule has 0 aromatic rings. The van der Waals surface area contributed by atoms with Crippen molar-refractivity contribution in [3.8, 4) is 0 Å². The summed E-state index contributed by atoms with van der Waals surface area (Å²) in [6, 6.07) is -0.172. The molecular weight excluding hydrogens is 166 g/mol. The van der Waals surface area contributed by atoms with Crippen LogP contribution in [0.1, 0.15) is 33.1 Å². The summed E-state index contributed by atoms with van der Waals surface area (Å²) in [5.41, 5.74) is 0.868. The van der Waals surface area contributed by atoms with Crippen LogP contribution in [0.2, 0.25) is 0 Å². The molecule has 0 fully saturated rings. The molecule has 0 radical (unpaired) electrons. The second-order valence-corrected chi connectivity index (χ2v) is 3.62. The third-order valence-corrected chi connectivity index (χ3v) is 2.41. The first-order valence-corrected chi connectivity index (χ1v) is 4.79. The first-order valence-electron chi connectivity index (χ1n) is 4.79. The molecule has 0 spiro atoms. The summed E-state index contributed by atoms with van der Waals surface area (Å²) < 4.78 is 0. The SMILES string of the molecule is CC(O)C(C)NC(=O)C1=CCCC1. The standard InChI is InChI=1S/C10H17NO2/c1-7(8(2)12)11-10(13)9-5-3-4-6-9/h5,7-8,12H,3-4,6H2,1-2H3,(H,11,13). The molecule has 0 saturated heterocycles. The van der Waals surface area contributed by atoms with Gasteiger partial charge in [0.05, 0.1) is 12.1 Å². The van der Waals surface area contributed by atoms with Gasteiger partial charge in [-0.25, -0.2) is 0 Å². The number of nitrogens with one attached hydrogen (secondary N) is 1. The summed E-state index contributed by atoms with van der Waals surface area (Å²) in [5, 5.41) is 11.9. The maximum absolute atomic E-state index is 11.5. The zero-order valence-corrected chi connectivity index (χ0v) is 8.21. The van der Waals surface area contributed by atoms with Gasteiger partial charge in [0.15, 0.2) is 0 Å². The average molecular weight is 183 g/mol. The van der Waals surface area contributed by atoms with Crippen LogP contribution in [0.15, 0.2) is 11.6 Å². The van der Waals surface area contributed by atoms with Gasteiger partial charge in [0.1, 0.15) is 0 Å². The minimum Gasteiger partial charge on any atom is -0.391 e. The summed E-state index contributed by atoms with van der Waals surface area (Å²) >= 11 is 0. The van der Waals surface area contributed by atoms with E-state index >= 15 is 0 Å². The monoisotopic (exact) mass is 183 g/mol. The van der Waals surface area contributed by atoms with E-state index in [0.717, 1.165) is 24.8 Å². The van der Waals surface area contributed by atoms with Crippen LogP contribution in [0.3, 0.4) is 0 Å². The van der Waals surface area contributed by atoms with Gasteiger partial charge < -0.3 is 10.4 Å². The van der Waals surface area contributed by atoms with Crippen LogP contribution in [0.5, 0.6) is 0 Å². The van der Waals surface area contributed by atoms with Gasteiger partial charge in [0.25, 0.3) is 0 Å². The lowest BCUT2D eigenvalue weighted by atomic mass is 10.1. The van der Waals surface area contributed by atoms with E-state index in [9.17, 15) is 9.90 Å². The highest BCUT2D eigenvalue weighted by atomic mass is 16.3. The molecule has 13 heavy (non-hydrogen) atoms. The molecule has 1 aliphatic rings. The smallest absolute Gasteiger partial charge is 0.247 e. The predicted octanol–water partition coefficient (Wildman–Crippen LogP) is 0.982. The second kappa shape index (κ2) is 4.42. The molecular formula is C10H17NO2. The molecule has 0 bridgehead atoms. The Kier molecular flexibility index (Phi) is 3.48. The molecule has 0 aromatic heterocycles. The molecule has 2 N–H and O–H groups in total. The predicted molar refractivity (Wildman–Crippen MR) is 51.2 cm³/mol. The minimum absolute atomic E-state index is 0.0223. The van der Waals surface area contributed by atoms with E-state index in [4.69, 9.17) is 0 Å². The fraction of sp³-hybridized carbons (Fsp3) is 0.700. The van der Waals surface area contributed by atoms with E-state index in [0.29, 0.717) is 0 Å². The van der Waals surface area contributed by atoms with Gasteiger partial charge in [0.2, 0.25) is 5.91 Å². The van der Waals surface area contributed by atoms with Crippen molar-refractivity contribution in [2.24, 2.45) is 0 Å². The van der Waals surface area contributed by atoms with Crippen molar-refractivity contribution < 1.29 is 9.90 Å². The highest BCUT2D eigenvalue weighted by molar-refractivity contribution is 5.93. The number of allylic oxidation sites excluding steroid dienone is 1. The Morgan fingerprint density at radius 3 is 2.77 bits per heavy atom. The van der Waals surface area contributed by atoms with Crippen molar-refractivity contribution in [1.29, 1.82) is 0 Å². The maximum atomic E-state index is 11.5. The molecule has 0 heterocycles. The van der Waals surface area contributed by atoms with Gasteiger partial charge in [-0.05, 0) is 33.1 Å². The minimum atomic E-state index is -0.494. The summed E-state index contributed by atoms with van der Waals surface area (Å²) in [6.45, 7) is 3.48. The molecule has 3 heteroatoms.